The number of nitrogens with zero attached hydrogens (tertiary/aromatic N) is 2. The van der Waals surface area contributed by atoms with Gasteiger partial charge in [-0.15, -0.1) is 0 Å². The molecule has 0 radical (unpaired) electrons. The number of anilines is 1. The number of amides is 1. The molecule has 0 bridgehead atoms. The summed E-state index contributed by atoms with van der Waals surface area (Å²) >= 11 is 7.06. The van der Waals surface area contributed by atoms with Crippen LogP contribution in [0.1, 0.15) is 15.9 Å². The first kappa shape index (κ1) is 15.4. The predicted octanol–water partition coefficient (Wildman–Crippen LogP) is 4.42. The maximum Gasteiger partial charge on any atom is 0.283 e. The van der Waals surface area contributed by atoms with Gasteiger partial charge in [-0.2, -0.15) is 0 Å². The Kier molecular flexibility index (Phi) is 3.97. The number of hydrogen-bond acceptors (Lipinski definition) is 5. The minimum Gasteiger partial charge on any atom is -0.298 e. The molecule has 0 aliphatic rings. The number of hydrogen-bond donors (Lipinski definition) is 1. The summed E-state index contributed by atoms with van der Waals surface area (Å²) in [7, 11) is 0. The molecule has 23 heavy (non-hydrogen) atoms. The lowest BCUT2D eigenvalue weighted by atomic mass is 10.1. The van der Waals surface area contributed by atoms with Crippen molar-refractivity contribution in [1.29, 1.82) is 0 Å². The van der Waals surface area contributed by atoms with E-state index in [1.807, 2.05) is 25.1 Å². The Morgan fingerprint density at radius 2 is 2.13 bits per heavy atom. The topological polar surface area (TPSA) is 85.1 Å². The molecule has 1 heterocycles. The van der Waals surface area contributed by atoms with E-state index in [0.29, 0.717) is 5.13 Å². The van der Waals surface area contributed by atoms with E-state index in [4.69, 9.17) is 11.6 Å². The lowest BCUT2D eigenvalue weighted by molar-refractivity contribution is -0.385. The summed E-state index contributed by atoms with van der Waals surface area (Å²) in [5.74, 6) is -0.593. The van der Waals surface area contributed by atoms with E-state index >= 15 is 0 Å². The Balaban J connectivity index is 1.95. The second-order valence-electron chi connectivity index (χ2n) is 4.81. The normalized spacial score (nSPS) is 10.7. The van der Waals surface area contributed by atoms with Gasteiger partial charge in [-0.1, -0.05) is 35.1 Å². The van der Waals surface area contributed by atoms with Crippen LogP contribution >= 0.6 is 22.9 Å². The number of carbonyl (C=O) groups is 1. The number of benzene rings is 2. The molecule has 0 unspecified atom stereocenters. The molecule has 0 spiro atoms. The number of para-hydroxylation sites is 1. The predicted molar refractivity (Wildman–Crippen MR) is 90.4 cm³/mol. The largest absolute Gasteiger partial charge is 0.298 e. The Morgan fingerprint density at radius 1 is 1.35 bits per heavy atom. The van der Waals surface area contributed by atoms with Crippen LogP contribution in [0.4, 0.5) is 10.8 Å². The van der Waals surface area contributed by atoms with Gasteiger partial charge in [-0.05, 0) is 30.7 Å². The van der Waals surface area contributed by atoms with Crippen molar-refractivity contribution in [2.24, 2.45) is 0 Å². The summed E-state index contributed by atoms with van der Waals surface area (Å²) in [5, 5.41) is 14.3. The molecule has 1 aromatic heterocycles. The van der Waals surface area contributed by atoms with Gasteiger partial charge >= 0.3 is 0 Å². The third kappa shape index (κ3) is 3.01. The molecular formula is C15H10ClN3O3S. The standard InChI is InChI=1S/C15H10ClN3O3S/c1-8-3-2-4-12-13(8)17-15(23-12)18-14(20)10-6-5-9(16)7-11(10)19(21)22/h2-7H,1H3,(H,17,18,20). The zero-order valence-electron chi connectivity index (χ0n) is 11.9. The van der Waals surface area contributed by atoms with Gasteiger partial charge in [0.05, 0.1) is 15.1 Å². The van der Waals surface area contributed by atoms with Crippen molar-refractivity contribution in [2.75, 3.05) is 5.32 Å². The number of aromatic nitrogens is 1. The number of carbonyl (C=O) groups excluding carboxylic acids is 1. The van der Waals surface area contributed by atoms with Gasteiger partial charge in [0.2, 0.25) is 0 Å². The van der Waals surface area contributed by atoms with Crippen molar-refractivity contribution in [1.82, 2.24) is 4.98 Å². The number of nitro groups is 1. The number of halogens is 1. The van der Waals surface area contributed by atoms with Gasteiger partial charge in [0, 0.05) is 11.1 Å². The zero-order valence-corrected chi connectivity index (χ0v) is 13.4. The fourth-order valence-electron chi connectivity index (χ4n) is 2.15. The van der Waals surface area contributed by atoms with Gasteiger partial charge in [0.1, 0.15) is 5.56 Å². The molecule has 0 aliphatic carbocycles. The average molecular weight is 348 g/mol. The zero-order chi connectivity index (χ0) is 16.6. The Labute approximate surface area is 139 Å². The number of nitrogens with one attached hydrogen (secondary N) is 1. The van der Waals surface area contributed by atoms with Crippen LogP contribution in [0.25, 0.3) is 10.2 Å². The fraction of sp³-hybridized carbons (Fsp3) is 0.0667. The molecular weight excluding hydrogens is 338 g/mol. The van der Waals surface area contributed by atoms with E-state index in [9.17, 15) is 14.9 Å². The monoisotopic (exact) mass is 347 g/mol. The second-order valence-corrected chi connectivity index (χ2v) is 6.28. The number of thiazole rings is 1. The van der Waals surface area contributed by atoms with Crippen LogP contribution in [-0.4, -0.2) is 15.8 Å². The van der Waals surface area contributed by atoms with Crippen molar-refractivity contribution in [3.8, 4) is 0 Å². The van der Waals surface area contributed by atoms with Crippen LogP contribution in [-0.2, 0) is 0 Å². The van der Waals surface area contributed by atoms with Crippen LogP contribution in [0, 0.1) is 17.0 Å². The van der Waals surface area contributed by atoms with E-state index in [1.165, 1.54) is 23.5 Å². The average Bonchev–Trinajstić information content (AvgIpc) is 2.91. The first-order chi connectivity index (χ1) is 11.0. The first-order valence-corrected chi connectivity index (χ1v) is 7.76. The molecule has 8 heteroatoms. The molecule has 2 aromatic carbocycles. The van der Waals surface area contributed by atoms with Crippen molar-refractivity contribution in [2.45, 2.75) is 6.92 Å². The van der Waals surface area contributed by atoms with E-state index in [1.54, 1.807) is 0 Å². The lowest BCUT2D eigenvalue weighted by Crippen LogP contribution is -2.13. The van der Waals surface area contributed by atoms with Crippen molar-refractivity contribution < 1.29 is 9.72 Å². The van der Waals surface area contributed by atoms with Crippen molar-refractivity contribution in [3.05, 3.63) is 62.7 Å². The molecule has 0 fully saturated rings. The minimum atomic E-state index is -0.636. The van der Waals surface area contributed by atoms with Crippen LogP contribution in [0.3, 0.4) is 0 Å². The van der Waals surface area contributed by atoms with Gasteiger partial charge in [-0.3, -0.25) is 20.2 Å². The summed E-state index contributed by atoms with van der Waals surface area (Å²) < 4.78 is 0.936. The highest BCUT2D eigenvalue weighted by atomic mass is 35.5. The molecule has 0 saturated carbocycles. The molecule has 3 aromatic rings. The lowest BCUT2D eigenvalue weighted by Gasteiger charge is -2.03. The van der Waals surface area contributed by atoms with Crippen LogP contribution in [0.2, 0.25) is 5.02 Å². The van der Waals surface area contributed by atoms with Crippen molar-refractivity contribution in [3.63, 3.8) is 0 Å². The Hall–Kier alpha value is -2.51. The van der Waals surface area contributed by atoms with Crippen LogP contribution in [0.15, 0.2) is 36.4 Å². The third-order valence-electron chi connectivity index (χ3n) is 3.24. The Bertz CT molecular complexity index is 939. The smallest absolute Gasteiger partial charge is 0.283 e. The number of nitro benzene ring substituents is 1. The fourth-order valence-corrected chi connectivity index (χ4v) is 3.26. The first-order valence-electron chi connectivity index (χ1n) is 6.57. The van der Waals surface area contributed by atoms with E-state index in [-0.39, 0.29) is 16.3 Å². The van der Waals surface area contributed by atoms with E-state index in [2.05, 4.69) is 10.3 Å². The van der Waals surface area contributed by atoms with Gasteiger partial charge < -0.3 is 0 Å². The summed E-state index contributed by atoms with van der Waals surface area (Å²) in [5.41, 5.74) is 1.40. The molecule has 3 rings (SSSR count). The van der Waals surface area contributed by atoms with Crippen LogP contribution < -0.4 is 5.32 Å². The van der Waals surface area contributed by atoms with Gasteiger partial charge in [-0.25, -0.2) is 4.98 Å². The van der Waals surface area contributed by atoms with Crippen LogP contribution in [0.5, 0.6) is 0 Å². The second kappa shape index (κ2) is 5.94. The molecule has 116 valence electrons. The highest BCUT2D eigenvalue weighted by Gasteiger charge is 2.21. The summed E-state index contributed by atoms with van der Waals surface area (Å²) in [6.45, 7) is 1.93. The van der Waals surface area contributed by atoms with Gasteiger partial charge in [0.25, 0.3) is 11.6 Å². The third-order valence-corrected chi connectivity index (χ3v) is 4.41. The van der Waals surface area contributed by atoms with Gasteiger partial charge in [0.15, 0.2) is 5.13 Å². The van der Waals surface area contributed by atoms with E-state index in [0.717, 1.165) is 21.8 Å². The summed E-state index contributed by atoms with van der Waals surface area (Å²) in [4.78, 5) is 27.1. The summed E-state index contributed by atoms with van der Waals surface area (Å²) in [6, 6.07) is 9.66. The molecule has 1 amide bonds. The Morgan fingerprint density at radius 3 is 2.83 bits per heavy atom. The molecule has 0 aliphatic heterocycles. The highest BCUT2D eigenvalue weighted by Crippen LogP contribution is 2.29. The minimum absolute atomic E-state index is 0.0598. The quantitative estimate of drug-likeness (QED) is 0.561. The number of aryl methyl sites for hydroxylation is 1. The summed E-state index contributed by atoms with van der Waals surface area (Å²) in [6.07, 6.45) is 0. The molecule has 6 nitrogen and oxygen atoms in total. The molecule has 1 N–H and O–H groups in total. The number of rotatable bonds is 3. The van der Waals surface area contributed by atoms with Crippen molar-refractivity contribution >= 4 is 49.9 Å². The maximum atomic E-state index is 12.3. The SMILES string of the molecule is Cc1cccc2sc(NC(=O)c3ccc(Cl)cc3[N+](=O)[O-])nc12. The van der Waals surface area contributed by atoms with E-state index < -0.39 is 10.8 Å². The highest BCUT2D eigenvalue weighted by molar-refractivity contribution is 7.22. The maximum absolute atomic E-state index is 12.3. The number of fused-ring (bicyclic) bond motifs is 1. The molecule has 0 atom stereocenters. The molecule has 0 saturated heterocycles.